The summed E-state index contributed by atoms with van der Waals surface area (Å²) in [6.45, 7) is 6.90. The van der Waals surface area contributed by atoms with Gasteiger partial charge in [-0.3, -0.25) is 4.90 Å². The molecule has 2 saturated heterocycles. The maximum atomic E-state index is 5.95. The summed E-state index contributed by atoms with van der Waals surface area (Å²) in [6.07, 6.45) is 8.60. The van der Waals surface area contributed by atoms with Crippen LogP contribution in [0.2, 0.25) is 0 Å². The van der Waals surface area contributed by atoms with Crippen LogP contribution in [0.15, 0.2) is 0 Å². The van der Waals surface area contributed by atoms with Crippen molar-refractivity contribution in [3.63, 3.8) is 0 Å². The highest BCUT2D eigenvalue weighted by Gasteiger charge is 2.38. The summed E-state index contributed by atoms with van der Waals surface area (Å²) in [4.78, 5) is 2.71. The Morgan fingerprint density at radius 2 is 2.18 bits per heavy atom. The Kier molecular flexibility index (Phi) is 3.42. The molecule has 3 rings (SSSR count). The summed E-state index contributed by atoms with van der Waals surface area (Å²) >= 11 is 0. The first-order valence-electron chi connectivity index (χ1n) is 7.38. The van der Waals surface area contributed by atoms with Crippen LogP contribution >= 0.6 is 0 Å². The van der Waals surface area contributed by atoms with Crippen LogP contribution in [-0.4, -0.2) is 48.8 Å². The summed E-state index contributed by atoms with van der Waals surface area (Å²) in [6, 6.07) is 0.705. The highest BCUT2D eigenvalue weighted by molar-refractivity contribution is 4.96. The molecule has 1 N–H and O–H groups in total. The van der Waals surface area contributed by atoms with Gasteiger partial charge in [-0.15, -0.1) is 0 Å². The maximum Gasteiger partial charge on any atom is 0.0730 e. The molecular weight excluding hydrogens is 212 g/mol. The van der Waals surface area contributed by atoms with Gasteiger partial charge >= 0.3 is 0 Å². The van der Waals surface area contributed by atoms with Gasteiger partial charge < -0.3 is 10.1 Å². The van der Waals surface area contributed by atoms with Gasteiger partial charge in [0, 0.05) is 24.7 Å². The number of morpholine rings is 1. The minimum Gasteiger partial charge on any atom is -0.375 e. The molecule has 3 heteroatoms. The molecule has 3 fully saturated rings. The van der Waals surface area contributed by atoms with Crippen LogP contribution in [0.25, 0.3) is 0 Å². The second-order valence-electron chi connectivity index (χ2n) is 6.32. The van der Waals surface area contributed by atoms with E-state index < -0.39 is 0 Å². The van der Waals surface area contributed by atoms with Crippen molar-refractivity contribution in [1.29, 1.82) is 0 Å². The standard InChI is InChI=1S/C14H26N2O/c1-14(7-4-8-15-14)11-16-9-10-17-13-6-3-2-5-12(13)16/h12-13,15H,2-11H2,1H3. The molecule has 2 heterocycles. The van der Waals surface area contributed by atoms with E-state index in [1.165, 1.54) is 51.6 Å². The fourth-order valence-electron chi connectivity index (χ4n) is 3.91. The molecule has 0 spiro atoms. The second kappa shape index (κ2) is 4.87. The third-order valence-corrected chi connectivity index (χ3v) is 4.86. The van der Waals surface area contributed by atoms with Crippen LogP contribution in [0, 0.1) is 0 Å². The first kappa shape index (κ1) is 11.9. The molecule has 17 heavy (non-hydrogen) atoms. The van der Waals surface area contributed by atoms with E-state index in [2.05, 4.69) is 17.1 Å². The van der Waals surface area contributed by atoms with Crippen molar-refractivity contribution in [3.05, 3.63) is 0 Å². The fourth-order valence-corrected chi connectivity index (χ4v) is 3.91. The predicted molar refractivity (Wildman–Crippen MR) is 69.2 cm³/mol. The Morgan fingerprint density at radius 1 is 1.29 bits per heavy atom. The van der Waals surface area contributed by atoms with E-state index in [-0.39, 0.29) is 0 Å². The molecule has 2 aliphatic heterocycles. The number of ether oxygens (including phenoxy) is 1. The predicted octanol–water partition coefficient (Wildman–Crippen LogP) is 1.77. The molecule has 3 nitrogen and oxygen atoms in total. The molecule has 0 aromatic heterocycles. The van der Waals surface area contributed by atoms with Crippen molar-refractivity contribution in [2.45, 2.75) is 63.1 Å². The monoisotopic (exact) mass is 238 g/mol. The zero-order valence-electron chi connectivity index (χ0n) is 11.1. The Morgan fingerprint density at radius 3 is 3.00 bits per heavy atom. The van der Waals surface area contributed by atoms with Crippen LogP contribution in [0.5, 0.6) is 0 Å². The summed E-state index contributed by atoms with van der Waals surface area (Å²) in [5.74, 6) is 0. The van der Waals surface area contributed by atoms with Crippen molar-refractivity contribution in [2.24, 2.45) is 0 Å². The van der Waals surface area contributed by atoms with Gasteiger partial charge in [-0.25, -0.2) is 0 Å². The van der Waals surface area contributed by atoms with Crippen LogP contribution in [0.3, 0.4) is 0 Å². The number of rotatable bonds is 2. The lowest BCUT2D eigenvalue weighted by atomic mass is 9.88. The molecule has 3 atom stereocenters. The summed E-state index contributed by atoms with van der Waals surface area (Å²) in [7, 11) is 0. The molecule has 3 unspecified atom stereocenters. The topological polar surface area (TPSA) is 24.5 Å². The quantitative estimate of drug-likeness (QED) is 0.793. The fraction of sp³-hybridized carbons (Fsp3) is 1.00. The molecule has 98 valence electrons. The molecule has 3 aliphatic rings. The second-order valence-corrected chi connectivity index (χ2v) is 6.32. The van der Waals surface area contributed by atoms with Crippen molar-refractivity contribution in [3.8, 4) is 0 Å². The minimum absolute atomic E-state index is 0.360. The number of nitrogens with one attached hydrogen (secondary N) is 1. The maximum absolute atomic E-state index is 5.95. The van der Waals surface area contributed by atoms with E-state index >= 15 is 0 Å². The molecule has 0 aromatic rings. The smallest absolute Gasteiger partial charge is 0.0730 e. The highest BCUT2D eigenvalue weighted by Crippen LogP contribution is 2.30. The first-order chi connectivity index (χ1) is 8.27. The molecule has 0 aromatic carbocycles. The average molecular weight is 238 g/mol. The summed E-state index contributed by atoms with van der Waals surface area (Å²) in [5.41, 5.74) is 0.360. The van der Waals surface area contributed by atoms with Crippen molar-refractivity contribution in [1.82, 2.24) is 10.2 Å². The normalized spacial score (nSPS) is 43.6. The lowest BCUT2D eigenvalue weighted by Crippen LogP contribution is -2.58. The Bertz CT molecular complexity index is 261. The minimum atomic E-state index is 0.360. The number of hydrogen-bond donors (Lipinski definition) is 1. The third kappa shape index (κ3) is 2.51. The first-order valence-corrected chi connectivity index (χ1v) is 7.38. The Labute approximate surface area is 105 Å². The number of fused-ring (bicyclic) bond motifs is 1. The largest absolute Gasteiger partial charge is 0.375 e. The van der Waals surface area contributed by atoms with Crippen LogP contribution in [-0.2, 0) is 4.74 Å². The van der Waals surface area contributed by atoms with E-state index in [9.17, 15) is 0 Å². The van der Waals surface area contributed by atoms with E-state index in [1.54, 1.807) is 0 Å². The molecule has 1 aliphatic carbocycles. The average Bonchev–Trinajstić information content (AvgIpc) is 2.76. The Balaban J connectivity index is 1.64. The van der Waals surface area contributed by atoms with Crippen LogP contribution in [0.1, 0.15) is 45.4 Å². The van der Waals surface area contributed by atoms with Gasteiger partial charge in [0.2, 0.25) is 0 Å². The highest BCUT2D eigenvalue weighted by atomic mass is 16.5. The van der Waals surface area contributed by atoms with Gasteiger partial charge in [-0.1, -0.05) is 12.8 Å². The molecule has 1 saturated carbocycles. The lowest BCUT2D eigenvalue weighted by molar-refractivity contribution is -0.0935. The van der Waals surface area contributed by atoms with Gasteiger partial charge in [0.25, 0.3) is 0 Å². The molecule has 0 radical (unpaired) electrons. The van der Waals surface area contributed by atoms with Gasteiger partial charge in [0.05, 0.1) is 12.7 Å². The molecule has 0 bridgehead atoms. The SMILES string of the molecule is CC1(CN2CCOC3CCCCC32)CCCN1. The van der Waals surface area contributed by atoms with Crippen molar-refractivity contribution in [2.75, 3.05) is 26.2 Å². The Hall–Kier alpha value is -0.120. The summed E-state index contributed by atoms with van der Waals surface area (Å²) < 4.78 is 5.95. The van der Waals surface area contributed by atoms with Gasteiger partial charge in [0.15, 0.2) is 0 Å². The van der Waals surface area contributed by atoms with Crippen molar-refractivity contribution >= 4 is 0 Å². The van der Waals surface area contributed by atoms with Gasteiger partial charge in [-0.2, -0.15) is 0 Å². The summed E-state index contributed by atoms with van der Waals surface area (Å²) in [5, 5.41) is 3.69. The lowest BCUT2D eigenvalue weighted by Gasteiger charge is -2.46. The third-order valence-electron chi connectivity index (χ3n) is 4.86. The van der Waals surface area contributed by atoms with Crippen molar-refractivity contribution < 1.29 is 4.74 Å². The van der Waals surface area contributed by atoms with E-state index in [0.29, 0.717) is 17.7 Å². The van der Waals surface area contributed by atoms with Crippen LogP contribution in [0.4, 0.5) is 0 Å². The molecule has 0 amide bonds. The van der Waals surface area contributed by atoms with E-state index in [0.717, 1.165) is 13.2 Å². The van der Waals surface area contributed by atoms with Crippen LogP contribution < -0.4 is 5.32 Å². The zero-order valence-corrected chi connectivity index (χ0v) is 11.1. The number of nitrogens with zero attached hydrogens (tertiary/aromatic N) is 1. The van der Waals surface area contributed by atoms with E-state index in [1.807, 2.05) is 0 Å². The van der Waals surface area contributed by atoms with E-state index in [4.69, 9.17) is 4.74 Å². The number of hydrogen-bond acceptors (Lipinski definition) is 3. The zero-order chi connectivity index (χ0) is 11.7. The van der Waals surface area contributed by atoms with Gasteiger partial charge in [-0.05, 0) is 39.2 Å². The van der Waals surface area contributed by atoms with Gasteiger partial charge in [0.1, 0.15) is 0 Å². The molecular formula is C14H26N2O.